The molecule has 0 unspecified atom stereocenters. The SMILES string of the molecule is CCCCCOc1cccc([NH+]=C(O)O[C@@H](C)CN2CCCCC2)c1. The van der Waals surface area contributed by atoms with Gasteiger partial charge in [0.25, 0.3) is 0 Å². The Kier molecular flexibility index (Phi) is 8.60. The molecule has 2 rings (SSSR count). The fourth-order valence-electron chi connectivity index (χ4n) is 3.09. The van der Waals surface area contributed by atoms with Crippen LogP contribution in [0.1, 0.15) is 52.4 Å². The van der Waals surface area contributed by atoms with Gasteiger partial charge >= 0.3 is 6.08 Å². The molecule has 1 aromatic rings. The number of aliphatic hydroxyl groups excluding tert-OH is 1. The lowest BCUT2D eigenvalue weighted by Gasteiger charge is -2.28. The van der Waals surface area contributed by atoms with Crippen LogP contribution in [0.15, 0.2) is 24.3 Å². The molecule has 1 aliphatic heterocycles. The Morgan fingerprint density at radius 3 is 2.80 bits per heavy atom. The van der Waals surface area contributed by atoms with Crippen molar-refractivity contribution in [2.24, 2.45) is 0 Å². The third kappa shape index (κ3) is 7.78. The molecule has 1 aromatic carbocycles. The van der Waals surface area contributed by atoms with E-state index in [4.69, 9.17) is 9.47 Å². The highest BCUT2D eigenvalue weighted by atomic mass is 16.6. The summed E-state index contributed by atoms with van der Waals surface area (Å²) in [5, 5.41) is 10.1. The molecule has 1 heterocycles. The summed E-state index contributed by atoms with van der Waals surface area (Å²) >= 11 is 0. The van der Waals surface area contributed by atoms with E-state index in [0.717, 1.165) is 44.1 Å². The predicted octanol–water partition coefficient (Wildman–Crippen LogP) is 2.77. The Balaban J connectivity index is 1.81. The van der Waals surface area contributed by atoms with Gasteiger partial charge in [0.2, 0.25) is 5.69 Å². The van der Waals surface area contributed by atoms with Crippen molar-refractivity contribution in [3.05, 3.63) is 24.3 Å². The first-order valence-corrected chi connectivity index (χ1v) is 9.62. The molecule has 0 radical (unpaired) electrons. The van der Waals surface area contributed by atoms with Crippen molar-refractivity contribution in [1.29, 1.82) is 0 Å². The van der Waals surface area contributed by atoms with Crippen LogP contribution in [0, 0.1) is 0 Å². The maximum absolute atomic E-state index is 10.1. The summed E-state index contributed by atoms with van der Waals surface area (Å²) in [6.07, 6.45) is 7.03. The van der Waals surface area contributed by atoms with Crippen molar-refractivity contribution < 1.29 is 19.6 Å². The highest BCUT2D eigenvalue weighted by Gasteiger charge is 2.17. The van der Waals surface area contributed by atoms with E-state index in [0.29, 0.717) is 0 Å². The number of nitrogens with zero attached hydrogens (tertiary/aromatic N) is 1. The molecule has 0 amide bonds. The third-order valence-corrected chi connectivity index (χ3v) is 4.38. The van der Waals surface area contributed by atoms with Crippen molar-refractivity contribution >= 4 is 11.8 Å². The van der Waals surface area contributed by atoms with Gasteiger partial charge in [-0.15, -0.1) is 4.99 Å². The lowest BCUT2D eigenvalue weighted by atomic mass is 10.1. The molecular formula is C20H33N2O3+. The number of likely N-dealkylation sites (tertiary alicyclic amines) is 1. The third-order valence-electron chi connectivity index (χ3n) is 4.38. The Labute approximate surface area is 151 Å². The maximum Gasteiger partial charge on any atom is 0.551 e. The monoisotopic (exact) mass is 349 g/mol. The Bertz CT molecular complexity index is 527. The number of nitrogens with one attached hydrogen (secondary N) is 1. The molecule has 1 atom stereocenters. The van der Waals surface area contributed by atoms with Gasteiger partial charge in [0.05, 0.1) is 12.7 Å². The van der Waals surface area contributed by atoms with E-state index in [2.05, 4.69) is 16.8 Å². The van der Waals surface area contributed by atoms with Gasteiger partial charge in [0.1, 0.15) is 11.9 Å². The second-order valence-corrected chi connectivity index (χ2v) is 6.80. The first-order valence-electron chi connectivity index (χ1n) is 9.62. The van der Waals surface area contributed by atoms with E-state index < -0.39 is 0 Å². The summed E-state index contributed by atoms with van der Waals surface area (Å²) in [5.41, 5.74) is 0.760. The fraction of sp³-hybridized carbons (Fsp3) is 0.650. The van der Waals surface area contributed by atoms with Crippen LogP contribution in [0.5, 0.6) is 5.75 Å². The van der Waals surface area contributed by atoms with Crippen molar-refractivity contribution in [3.8, 4) is 5.75 Å². The lowest BCUT2D eigenvalue weighted by Crippen LogP contribution is -2.67. The molecule has 0 aromatic heterocycles. The summed E-state index contributed by atoms with van der Waals surface area (Å²) in [7, 11) is 0. The topological polar surface area (TPSA) is 55.9 Å². The highest BCUT2D eigenvalue weighted by molar-refractivity contribution is 5.59. The van der Waals surface area contributed by atoms with Crippen LogP contribution in [0.4, 0.5) is 5.69 Å². The number of benzene rings is 1. The molecule has 5 nitrogen and oxygen atoms in total. The number of unbranched alkanes of at least 4 members (excludes halogenated alkanes) is 2. The van der Waals surface area contributed by atoms with Gasteiger partial charge in [-0.3, -0.25) is 4.90 Å². The molecule has 1 fully saturated rings. The number of hydrogen-bond acceptors (Lipinski definition) is 3. The van der Waals surface area contributed by atoms with E-state index in [-0.39, 0.29) is 12.2 Å². The van der Waals surface area contributed by atoms with Gasteiger partial charge in [-0.2, -0.15) is 0 Å². The molecule has 0 bridgehead atoms. The summed E-state index contributed by atoms with van der Waals surface area (Å²) < 4.78 is 11.3. The van der Waals surface area contributed by atoms with Crippen LogP contribution >= 0.6 is 0 Å². The van der Waals surface area contributed by atoms with E-state index in [1.165, 1.54) is 32.1 Å². The minimum Gasteiger partial charge on any atom is -0.493 e. The van der Waals surface area contributed by atoms with Gasteiger partial charge < -0.3 is 14.6 Å². The van der Waals surface area contributed by atoms with Crippen LogP contribution in [0.25, 0.3) is 0 Å². The molecule has 0 aliphatic carbocycles. The van der Waals surface area contributed by atoms with Crippen molar-refractivity contribution in [1.82, 2.24) is 4.90 Å². The number of rotatable bonds is 9. The van der Waals surface area contributed by atoms with Crippen molar-refractivity contribution in [3.63, 3.8) is 0 Å². The van der Waals surface area contributed by atoms with Gasteiger partial charge in [-0.1, -0.05) is 32.3 Å². The van der Waals surface area contributed by atoms with Crippen LogP contribution in [-0.2, 0) is 4.74 Å². The van der Waals surface area contributed by atoms with Gasteiger partial charge in [-0.25, -0.2) is 0 Å². The minimum absolute atomic E-state index is 0.0564. The number of ether oxygens (including phenoxy) is 2. The molecule has 1 saturated heterocycles. The molecular weight excluding hydrogens is 316 g/mol. The quantitative estimate of drug-likeness (QED) is 0.409. The second-order valence-electron chi connectivity index (χ2n) is 6.80. The zero-order valence-electron chi connectivity index (χ0n) is 15.7. The first-order chi connectivity index (χ1) is 12.2. The molecule has 2 N–H and O–H groups in total. The smallest absolute Gasteiger partial charge is 0.493 e. The average molecular weight is 349 g/mol. The predicted molar refractivity (Wildman–Crippen MR) is 101 cm³/mol. The number of hydrogen-bond donors (Lipinski definition) is 2. The summed E-state index contributed by atoms with van der Waals surface area (Å²) in [5.74, 6) is 0.801. The Hall–Kier alpha value is -1.75. The minimum atomic E-state index is -0.160. The summed E-state index contributed by atoms with van der Waals surface area (Å²) in [6.45, 7) is 7.97. The molecule has 5 heteroatoms. The number of aliphatic hydroxyl groups is 1. The van der Waals surface area contributed by atoms with Crippen molar-refractivity contribution in [2.45, 2.75) is 58.5 Å². The number of piperidine rings is 1. The van der Waals surface area contributed by atoms with E-state index in [1.54, 1.807) is 0 Å². The largest absolute Gasteiger partial charge is 0.551 e. The Morgan fingerprint density at radius 2 is 2.04 bits per heavy atom. The molecule has 0 saturated carbocycles. The standard InChI is InChI=1S/C20H32N2O3/c1-3-4-8-14-24-19-11-9-10-18(15-19)21-20(23)25-17(2)16-22-12-6-5-7-13-22/h9-11,15,17H,3-8,12-14,16H2,1-2H3,(H,21,23)/p+1/t17-/m0/s1. The molecule has 140 valence electrons. The maximum atomic E-state index is 10.1. The normalized spacial score (nSPS) is 17.3. The molecule has 25 heavy (non-hydrogen) atoms. The fourth-order valence-corrected chi connectivity index (χ4v) is 3.09. The van der Waals surface area contributed by atoms with E-state index >= 15 is 0 Å². The van der Waals surface area contributed by atoms with Crippen LogP contribution in [0.2, 0.25) is 0 Å². The van der Waals surface area contributed by atoms with Gasteiger partial charge in [-0.05, 0) is 45.3 Å². The zero-order chi connectivity index (χ0) is 17.9. The zero-order valence-corrected chi connectivity index (χ0v) is 15.7. The molecule has 0 spiro atoms. The van der Waals surface area contributed by atoms with E-state index in [1.807, 2.05) is 31.2 Å². The van der Waals surface area contributed by atoms with Crippen molar-refractivity contribution in [2.75, 3.05) is 26.2 Å². The Morgan fingerprint density at radius 1 is 1.24 bits per heavy atom. The summed E-state index contributed by atoms with van der Waals surface area (Å²) in [6, 6.07) is 7.59. The lowest BCUT2D eigenvalue weighted by molar-refractivity contribution is -0.383. The molecule has 1 aliphatic rings. The van der Waals surface area contributed by atoms with Crippen LogP contribution in [0.3, 0.4) is 0 Å². The average Bonchev–Trinajstić information content (AvgIpc) is 2.59. The first kappa shape index (κ1) is 19.6. The van der Waals surface area contributed by atoms with Gasteiger partial charge in [0.15, 0.2) is 0 Å². The van der Waals surface area contributed by atoms with Gasteiger partial charge in [0, 0.05) is 12.6 Å². The second kappa shape index (κ2) is 11.0. The van der Waals surface area contributed by atoms with Crippen LogP contribution < -0.4 is 9.73 Å². The van der Waals surface area contributed by atoms with E-state index in [9.17, 15) is 5.11 Å². The highest BCUT2D eigenvalue weighted by Crippen LogP contribution is 2.14. The summed E-state index contributed by atoms with van der Waals surface area (Å²) in [4.78, 5) is 5.30. The van der Waals surface area contributed by atoms with Crippen LogP contribution in [-0.4, -0.2) is 48.4 Å².